The maximum Gasteiger partial charge on any atom is 0.335 e. The predicted octanol–water partition coefficient (Wildman–Crippen LogP) is 5.51. The van der Waals surface area contributed by atoms with Crippen LogP contribution in [0.15, 0.2) is 95.7 Å². The van der Waals surface area contributed by atoms with E-state index >= 15 is 0 Å². The number of carbonyl (C=O) groups is 1. The molecule has 6 nitrogen and oxygen atoms in total. The SMILES string of the molecule is O=C(O)c1ccc(-n2cccc2[C@@H]2[C@@H](c3ccccn3)NC(=S)N2c2ccc(Br)cc2)cc1. The average molecular weight is 519 g/mol. The molecule has 33 heavy (non-hydrogen) atoms. The third-order valence-corrected chi connectivity index (χ3v) is 6.52. The largest absolute Gasteiger partial charge is 0.478 e. The molecule has 8 heteroatoms. The lowest BCUT2D eigenvalue weighted by atomic mass is 10.0. The molecule has 5 rings (SSSR count). The number of aromatic nitrogens is 2. The molecule has 2 N–H and O–H groups in total. The molecule has 0 radical (unpaired) electrons. The van der Waals surface area contributed by atoms with E-state index < -0.39 is 5.97 Å². The van der Waals surface area contributed by atoms with Gasteiger partial charge in [0, 0.05) is 33.9 Å². The van der Waals surface area contributed by atoms with Crippen LogP contribution in [-0.4, -0.2) is 25.7 Å². The second kappa shape index (κ2) is 8.80. The van der Waals surface area contributed by atoms with Crippen molar-refractivity contribution in [3.63, 3.8) is 0 Å². The fourth-order valence-electron chi connectivity index (χ4n) is 4.17. The Labute approximate surface area is 204 Å². The standard InChI is InChI=1S/C25H19BrN4O2S/c26-17-8-12-19(13-9-17)30-23(22(28-25(30)33)20-4-1-2-14-27-20)21-5-3-15-29(21)18-10-6-16(7-11-18)24(31)32/h1-15,22-23H,(H,28,33)(H,31,32)/t22-,23-/m1/s1. The van der Waals surface area contributed by atoms with Crippen LogP contribution in [0.2, 0.25) is 0 Å². The molecule has 1 saturated heterocycles. The maximum atomic E-state index is 11.3. The summed E-state index contributed by atoms with van der Waals surface area (Å²) >= 11 is 9.30. The van der Waals surface area contributed by atoms with Crippen LogP contribution >= 0.6 is 28.1 Å². The Hall–Kier alpha value is -3.49. The number of hydrogen-bond acceptors (Lipinski definition) is 3. The molecule has 1 aliphatic rings. The molecular formula is C25H19BrN4O2S. The highest BCUT2D eigenvalue weighted by Gasteiger charge is 2.42. The number of aromatic carboxylic acids is 1. The van der Waals surface area contributed by atoms with Gasteiger partial charge in [0.2, 0.25) is 0 Å². The van der Waals surface area contributed by atoms with Gasteiger partial charge in [0.25, 0.3) is 0 Å². The van der Waals surface area contributed by atoms with Gasteiger partial charge >= 0.3 is 5.97 Å². The number of nitrogens with one attached hydrogen (secondary N) is 1. The number of pyridine rings is 1. The molecule has 0 amide bonds. The first-order valence-electron chi connectivity index (χ1n) is 10.3. The van der Waals surface area contributed by atoms with E-state index in [-0.39, 0.29) is 17.6 Å². The van der Waals surface area contributed by atoms with E-state index in [1.165, 1.54) is 0 Å². The van der Waals surface area contributed by atoms with Gasteiger partial charge in [-0.05, 0) is 85.0 Å². The molecule has 2 atom stereocenters. The van der Waals surface area contributed by atoms with E-state index in [2.05, 4.69) is 41.8 Å². The van der Waals surface area contributed by atoms with E-state index in [1.807, 2.05) is 66.9 Å². The summed E-state index contributed by atoms with van der Waals surface area (Å²) in [7, 11) is 0. The maximum absolute atomic E-state index is 11.3. The van der Waals surface area contributed by atoms with Crippen LogP contribution in [-0.2, 0) is 0 Å². The highest BCUT2D eigenvalue weighted by atomic mass is 79.9. The van der Waals surface area contributed by atoms with Crippen molar-refractivity contribution in [2.24, 2.45) is 0 Å². The predicted molar refractivity (Wildman–Crippen MR) is 135 cm³/mol. The van der Waals surface area contributed by atoms with Gasteiger partial charge in [0.05, 0.1) is 17.3 Å². The third-order valence-electron chi connectivity index (χ3n) is 5.68. The lowest BCUT2D eigenvalue weighted by molar-refractivity contribution is 0.0697. The molecule has 1 fully saturated rings. The lowest BCUT2D eigenvalue weighted by Gasteiger charge is -2.29. The zero-order chi connectivity index (χ0) is 22.9. The zero-order valence-corrected chi connectivity index (χ0v) is 19.7. The number of halogens is 1. The minimum absolute atomic E-state index is 0.172. The van der Waals surface area contributed by atoms with Crippen molar-refractivity contribution in [1.29, 1.82) is 0 Å². The van der Waals surface area contributed by atoms with Crippen LogP contribution in [0.4, 0.5) is 5.69 Å². The van der Waals surface area contributed by atoms with Crippen molar-refractivity contribution >= 4 is 44.9 Å². The number of rotatable bonds is 5. The molecule has 4 aromatic rings. The van der Waals surface area contributed by atoms with Gasteiger partial charge in [-0.3, -0.25) is 4.98 Å². The molecular weight excluding hydrogens is 500 g/mol. The summed E-state index contributed by atoms with van der Waals surface area (Å²) in [6.45, 7) is 0. The monoisotopic (exact) mass is 518 g/mol. The lowest BCUT2D eigenvalue weighted by Crippen LogP contribution is -2.30. The van der Waals surface area contributed by atoms with Crippen LogP contribution in [0.3, 0.4) is 0 Å². The highest BCUT2D eigenvalue weighted by Crippen LogP contribution is 2.42. The average Bonchev–Trinajstić information content (AvgIpc) is 3.44. The van der Waals surface area contributed by atoms with Gasteiger partial charge < -0.3 is 19.9 Å². The van der Waals surface area contributed by atoms with Gasteiger partial charge in [0.15, 0.2) is 5.11 Å². The second-order valence-electron chi connectivity index (χ2n) is 7.63. The van der Waals surface area contributed by atoms with Crippen molar-refractivity contribution in [2.75, 3.05) is 4.90 Å². The summed E-state index contributed by atoms with van der Waals surface area (Å²) in [4.78, 5) is 18.0. The number of thiocarbonyl (C=S) groups is 1. The van der Waals surface area contributed by atoms with E-state index in [0.717, 1.165) is 27.2 Å². The van der Waals surface area contributed by atoms with Gasteiger partial charge in [-0.25, -0.2) is 4.79 Å². The van der Waals surface area contributed by atoms with Crippen molar-refractivity contribution in [2.45, 2.75) is 12.1 Å². The molecule has 0 saturated carbocycles. The fraction of sp³-hybridized carbons (Fsp3) is 0.0800. The van der Waals surface area contributed by atoms with Crippen LogP contribution in [0.25, 0.3) is 5.69 Å². The Balaban J connectivity index is 1.63. The van der Waals surface area contributed by atoms with E-state index in [9.17, 15) is 9.90 Å². The van der Waals surface area contributed by atoms with Gasteiger partial charge in [0.1, 0.15) is 6.04 Å². The quantitative estimate of drug-likeness (QED) is 0.339. The van der Waals surface area contributed by atoms with Crippen molar-refractivity contribution in [3.05, 3.63) is 113 Å². The van der Waals surface area contributed by atoms with E-state index in [0.29, 0.717) is 5.11 Å². The normalized spacial score (nSPS) is 17.7. The Morgan fingerprint density at radius 1 is 0.970 bits per heavy atom. The van der Waals surface area contributed by atoms with Crippen molar-refractivity contribution < 1.29 is 9.90 Å². The Bertz CT molecular complexity index is 1310. The summed E-state index contributed by atoms with van der Waals surface area (Å²) < 4.78 is 3.05. The molecule has 0 spiro atoms. The summed E-state index contributed by atoms with van der Waals surface area (Å²) in [6.07, 6.45) is 3.75. The van der Waals surface area contributed by atoms with Crippen LogP contribution in [0.5, 0.6) is 0 Å². The smallest absolute Gasteiger partial charge is 0.335 e. The van der Waals surface area contributed by atoms with Gasteiger partial charge in [-0.15, -0.1) is 0 Å². The molecule has 1 aliphatic heterocycles. The van der Waals surface area contributed by atoms with Crippen molar-refractivity contribution in [3.8, 4) is 5.69 Å². The molecule has 2 aromatic carbocycles. The summed E-state index contributed by atoms with van der Waals surface area (Å²) in [5, 5.41) is 13.3. The minimum Gasteiger partial charge on any atom is -0.478 e. The van der Waals surface area contributed by atoms with Gasteiger partial charge in [-0.2, -0.15) is 0 Å². The number of hydrogen-bond donors (Lipinski definition) is 2. The molecule has 0 unspecified atom stereocenters. The molecule has 0 bridgehead atoms. The topological polar surface area (TPSA) is 70.4 Å². The number of benzene rings is 2. The summed E-state index contributed by atoms with van der Waals surface area (Å²) in [5.41, 5.74) is 3.97. The molecule has 164 valence electrons. The number of anilines is 1. The zero-order valence-electron chi connectivity index (χ0n) is 17.3. The third kappa shape index (κ3) is 4.03. The fourth-order valence-corrected chi connectivity index (χ4v) is 4.78. The van der Waals surface area contributed by atoms with Crippen LogP contribution in [0.1, 0.15) is 33.8 Å². The number of nitrogens with zero attached hydrogens (tertiary/aromatic N) is 3. The first-order valence-corrected chi connectivity index (χ1v) is 11.5. The Morgan fingerprint density at radius 3 is 2.36 bits per heavy atom. The first-order chi connectivity index (χ1) is 16.0. The van der Waals surface area contributed by atoms with Gasteiger partial charge in [-0.1, -0.05) is 22.0 Å². The molecule has 3 heterocycles. The van der Waals surface area contributed by atoms with Crippen LogP contribution in [0, 0.1) is 0 Å². The highest BCUT2D eigenvalue weighted by molar-refractivity contribution is 9.10. The first kappa shape index (κ1) is 21.4. The second-order valence-corrected chi connectivity index (χ2v) is 8.93. The number of carboxylic acid groups (broad SMARTS) is 1. The summed E-state index contributed by atoms with van der Waals surface area (Å²) in [5.74, 6) is -0.948. The number of carboxylic acids is 1. The Morgan fingerprint density at radius 2 is 1.70 bits per heavy atom. The molecule has 2 aromatic heterocycles. The van der Waals surface area contributed by atoms with E-state index in [1.54, 1.807) is 18.3 Å². The van der Waals surface area contributed by atoms with Crippen molar-refractivity contribution in [1.82, 2.24) is 14.9 Å². The Kier molecular flexibility index (Phi) is 5.70. The van der Waals surface area contributed by atoms with Crippen LogP contribution < -0.4 is 10.2 Å². The van der Waals surface area contributed by atoms with E-state index in [4.69, 9.17) is 12.2 Å². The molecule has 0 aliphatic carbocycles. The minimum atomic E-state index is -0.948. The summed E-state index contributed by atoms with van der Waals surface area (Å²) in [6, 6.07) is 24.4.